The minimum absolute atomic E-state index is 0.0621. The first-order valence-electron chi connectivity index (χ1n) is 7.73. The zero-order valence-electron chi connectivity index (χ0n) is 12.4. The molecular formula is C16H20Cl2N2OS. The fourth-order valence-corrected chi connectivity index (χ4v) is 4.58. The fourth-order valence-electron chi connectivity index (χ4n) is 3.07. The van der Waals surface area contributed by atoms with Crippen LogP contribution in [-0.2, 0) is 4.79 Å². The Hall–Kier alpha value is -0.420. The first-order chi connectivity index (χ1) is 10.6. The summed E-state index contributed by atoms with van der Waals surface area (Å²) in [6.45, 7) is 4.07. The molecule has 2 aliphatic rings. The van der Waals surface area contributed by atoms with Gasteiger partial charge in [0.05, 0.1) is 15.8 Å². The highest BCUT2D eigenvalue weighted by Crippen LogP contribution is 2.40. The molecule has 3 rings (SSSR count). The van der Waals surface area contributed by atoms with Crippen LogP contribution < -0.4 is 0 Å². The van der Waals surface area contributed by atoms with E-state index in [1.807, 2.05) is 23.1 Å². The number of likely N-dealkylation sites (tertiary alicyclic amines) is 1. The quantitative estimate of drug-likeness (QED) is 0.810. The standard InChI is InChI=1S/C16H20Cl2N2OS/c17-13-5-4-12(10-14(13)18)16-20(15(21)11-22-16)9-8-19-6-2-1-3-7-19/h4-5,10,16H,1-3,6-9,11H2. The van der Waals surface area contributed by atoms with Crippen molar-refractivity contribution in [3.8, 4) is 0 Å². The summed E-state index contributed by atoms with van der Waals surface area (Å²) in [7, 11) is 0. The van der Waals surface area contributed by atoms with Crippen LogP contribution in [0.25, 0.3) is 0 Å². The van der Waals surface area contributed by atoms with Crippen LogP contribution in [0.15, 0.2) is 18.2 Å². The average molecular weight is 359 g/mol. The van der Waals surface area contributed by atoms with E-state index in [0.717, 1.165) is 31.7 Å². The van der Waals surface area contributed by atoms with Crippen LogP contribution in [-0.4, -0.2) is 47.6 Å². The number of carbonyl (C=O) groups is 1. The second kappa shape index (κ2) is 7.43. The molecule has 0 aliphatic carbocycles. The van der Waals surface area contributed by atoms with Crippen LogP contribution in [0, 0.1) is 0 Å². The lowest BCUT2D eigenvalue weighted by Crippen LogP contribution is -2.39. The molecule has 1 atom stereocenters. The summed E-state index contributed by atoms with van der Waals surface area (Å²) in [5, 5.41) is 1.17. The highest BCUT2D eigenvalue weighted by Gasteiger charge is 2.33. The van der Waals surface area contributed by atoms with Gasteiger partial charge in [0.1, 0.15) is 5.37 Å². The Labute approximate surface area is 145 Å². The number of nitrogens with zero attached hydrogens (tertiary/aromatic N) is 2. The summed E-state index contributed by atoms with van der Waals surface area (Å²) in [5.41, 5.74) is 1.06. The largest absolute Gasteiger partial charge is 0.325 e. The summed E-state index contributed by atoms with van der Waals surface area (Å²) in [4.78, 5) is 16.7. The molecule has 1 aromatic rings. The van der Waals surface area contributed by atoms with Gasteiger partial charge in [0.25, 0.3) is 0 Å². The van der Waals surface area contributed by atoms with E-state index < -0.39 is 0 Å². The Bertz CT molecular complexity index is 549. The van der Waals surface area contributed by atoms with Gasteiger partial charge in [0.15, 0.2) is 0 Å². The zero-order chi connectivity index (χ0) is 15.5. The molecule has 0 aromatic heterocycles. The number of hydrogen-bond donors (Lipinski definition) is 0. The van der Waals surface area contributed by atoms with E-state index in [1.165, 1.54) is 19.3 Å². The Balaban J connectivity index is 1.67. The van der Waals surface area contributed by atoms with Gasteiger partial charge in [0.2, 0.25) is 5.91 Å². The van der Waals surface area contributed by atoms with Crippen LogP contribution in [0.5, 0.6) is 0 Å². The summed E-state index contributed by atoms with van der Waals surface area (Å²) in [6.07, 6.45) is 3.89. The third-order valence-corrected chi connectivity index (χ3v) is 6.30. The highest BCUT2D eigenvalue weighted by atomic mass is 35.5. The second-order valence-corrected chi connectivity index (χ2v) is 7.71. The first kappa shape index (κ1) is 16.4. The highest BCUT2D eigenvalue weighted by molar-refractivity contribution is 8.00. The van der Waals surface area contributed by atoms with Crippen molar-refractivity contribution in [2.24, 2.45) is 0 Å². The molecule has 120 valence electrons. The van der Waals surface area contributed by atoms with Gasteiger partial charge in [-0.05, 0) is 43.6 Å². The van der Waals surface area contributed by atoms with Crippen LogP contribution >= 0.6 is 35.0 Å². The Morgan fingerprint density at radius 2 is 1.86 bits per heavy atom. The SMILES string of the molecule is O=C1CSC(c2ccc(Cl)c(Cl)c2)N1CCN1CCCCC1. The molecule has 22 heavy (non-hydrogen) atoms. The van der Waals surface area contributed by atoms with Crippen molar-refractivity contribution < 1.29 is 4.79 Å². The Kier molecular flexibility index (Phi) is 5.55. The third kappa shape index (κ3) is 3.73. The first-order valence-corrected chi connectivity index (χ1v) is 9.54. The van der Waals surface area contributed by atoms with Gasteiger partial charge in [-0.1, -0.05) is 35.7 Å². The van der Waals surface area contributed by atoms with E-state index in [2.05, 4.69) is 4.90 Å². The third-order valence-electron chi connectivity index (χ3n) is 4.30. The topological polar surface area (TPSA) is 23.6 Å². The predicted molar refractivity (Wildman–Crippen MR) is 93.7 cm³/mol. The lowest BCUT2D eigenvalue weighted by atomic mass is 10.1. The lowest BCUT2D eigenvalue weighted by molar-refractivity contribution is -0.128. The van der Waals surface area contributed by atoms with Crippen molar-refractivity contribution in [2.45, 2.75) is 24.6 Å². The summed E-state index contributed by atoms with van der Waals surface area (Å²) >= 11 is 13.8. The molecule has 0 spiro atoms. The Morgan fingerprint density at radius 3 is 2.59 bits per heavy atom. The van der Waals surface area contributed by atoms with E-state index in [1.54, 1.807) is 11.8 Å². The van der Waals surface area contributed by atoms with Gasteiger partial charge in [0, 0.05) is 13.1 Å². The molecule has 0 saturated carbocycles. The molecule has 0 bridgehead atoms. The molecule has 1 aromatic carbocycles. The van der Waals surface area contributed by atoms with E-state index in [9.17, 15) is 4.79 Å². The van der Waals surface area contributed by atoms with Gasteiger partial charge in [-0.2, -0.15) is 0 Å². The molecule has 1 amide bonds. The molecule has 3 nitrogen and oxygen atoms in total. The maximum Gasteiger partial charge on any atom is 0.233 e. The van der Waals surface area contributed by atoms with Gasteiger partial charge in [-0.3, -0.25) is 4.79 Å². The number of benzene rings is 1. The monoisotopic (exact) mass is 358 g/mol. The second-order valence-electron chi connectivity index (χ2n) is 5.83. The molecule has 2 saturated heterocycles. The van der Waals surface area contributed by atoms with Gasteiger partial charge in [-0.15, -0.1) is 11.8 Å². The van der Waals surface area contributed by atoms with Crippen LogP contribution in [0.4, 0.5) is 0 Å². The van der Waals surface area contributed by atoms with Crippen molar-refractivity contribution in [3.63, 3.8) is 0 Å². The normalized spacial score (nSPS) is 23.3. The van der Waals surface area contributed by atoms with Crippen molar-refractivity contribution in [1.29, 1.82) is 0 Å². The molecule has 2 heterocycles. The van der Waals surface area contributed by atoms with Gasteiger partial charge in [-0.25, -0.2) is 0 Å². The number of hydrogen-bond acceptors (Lipinski definition) is 3. The molecule has 2 fully saturated rings. The van der Waals surface area contributed by atoms with E-state index in [-0.39, 0.29) is 11.3 Å². The summed E-state index contributed by atoms with van der Waals surface area (Å²) < 4.78 is 0. The van der Waals surface area contributed by atoms with E-state index in [0.29, 0.717) is 15.8 Å². The minimum atomic E-state index is 0.0621. The predicted octanol–water partition coefficient (Wildman–Crippen LogP) is 4.05. The lowest BCUT2D eigenvalue weighted by Gasteiger charge is -2.30. The molecular weight excluding hydrogens is 339 g/mol. The van der Waals surface area contributed by atoms with Crippen molar-refractivity contribution >= 4 is 40.9 Å². The van der Waals surface area contributed by atoms with Crippen molar-refractivity contribution in [3.05, 3.63) is 33.8 Å². The number of halogens is 2. The molecule has 0 radical (unpaired) electrons. The van der Waals surface area contributed by atoms with Crippen molar-refractivity contribution in [1.82, 2.24) is 9.80 Å². The molecule has 1 unspecified atom stereocenters. The summed E-state index contributed by atoms with van der Waals surface area (Å²) in [6, 6.07) is 5.66. The number of piperidine rings is 1. The number of thioether (sulfide) groups is 1. The molecule has 0 N–H and O–H groups in total. The number of rotatable bonds is 4. The maximum absolute atomic E-state index is 12.2. The maximum atomic E-state index is 12.2. The Morgan fingerprint density at radius 1 is 1.09 bits per heavy atom. The number of carbonyl (C=O) groups excluding carboxylic acids is 1. The smallest absolute Gasteiger partial charge is 0.233 e. The van der Waals surface area contributed by atoms with Gasteiger partial charge >= 0.3 is 0 Å². The van der Waals surface area contributed by atoms with Crippen LogP contribution in [0.3, 0.4) is 0 Å². The van der Waals surface area contributed by atoms with Crippen molar-refractivity contribution in [2.75, 3.05) is 31.9 Å². The van der Waals surface area contributed by atoms with Crippen LogP contribution in [0.2, 0.25) is 10.0 Å². The molecule has 2 aliphatic heterocycles. The molecule has 6 heteroatoms. The minimum Gasteiger partial charge on any atom is -0.325 e. The van der Waals surface area contributed by atoms with E-state index >= 15 is 0 Å². The summed E-state index contributed by atoms with van der Waals surface area (Å²) in [5.74, 6) is 0.767. The van der Waals surface area contributed by atoms with Crippen LogP contribution in [0.1, 0.15) is 30.2 Å². The fraction of sp³-hybridized carbons (Fsp3) is 0.562. The average Bonchev–Trinajstić information content (AvgIpc) is 2.90. The van der Waals surface area contributed by atoms with E-state index in [4.69, 9.17) is 23.2 Å². The zero-order valence-corrected chi connectivity index (χ0v) is 14.8. The number of amides is 1. The van der Waals surface area contributed by atoms with Gasteiger partial charge < -0.3 is 9.80 Å².